The van der Waals surface area contributed by atoms with E-state index in [0.29, 0.717) is 18.4 Å². The first-order chi connectivity index (χ1) is 7.56. The molecule has 0 saturated heterocycles. The number of oxime groups is 1. The Hall–Kier alpha value is -1.92. The van der Waals surface area contributed by atoms with E-state index in [1.165, 1.54) is 6.08 Å². The number of carbonyl (C=O) groups is 1. The van der Waals surface area contributed by atoms with Crippen LogP contribution in [0.4, 0.5) is 0 Å². The van der Waals surface area contributed by atoms with E-state index >= 15 is 0 Å². The van der Waals surface area contributed by atoms with Crippen LogP contribution in [0.25, 0.3) is 0 Å². The van der Waals surface area contributed by atoms with Crippen molar-refractivity contribution in [2.75, 3.05) is 0 Å². The molecule has 0 spiro atoms. The Labute approximate surface area is 91.8 Å². The Morgan fingerprint density at radius 1 is 1.62 bits per heavy atom. The lowest BCUT2D eigenvalue weighted by Crippen LogP contribution is -2.28. The number of rotatable bonds is 3. The molecule has 16 heavy (non-hydrogen) atoms. The molecule has 1 fully saturated rings. The van der Waals surface area contributed by atoms with Crippen molar-refractivity contribution in [2.45, 2.75) is 31.7 Å². The number of nitro groups is 1. The third kappa shape index (κ3) is 2.78. The van der Waals surface area contributed by atoms with Gasteiger partial charge in [0, 0.05) is 16.9 Å². The van der Waals surface area contributed by atoms with Crippen molar-refractivity contribution >= 4 is 11.6 Å². The standard InChI is InChI=1S/C9H13N3O4/c10-9(13)7(11-14)5-6-3-1-2-4-8(6)12(15)16/h5,8,14H,1-4H2,(H2,10,13)/b6-5+,11-7-. The lowest BCUT2D eigenvalue weighted by atomic mass is 9.89. The largest absolute Gasteiger partial charge is 0.410 e. The molecule has 7 heteroatoms. The summed E-state index contributed by atoms with van der Waals surface area (Å²) in [6.07, 6.45) is 3.79. The summed E-state index contributed by atoms with van der Waals surface area (Å²) in [5, 5.41) is 22.0. The van der Waals surface area contributed by atoms with Gasteiger partial charge in [0.1, 0.15) is 0 Å². The molecule has 1 amide bonds. The second kappa shape index (κ2) is 5.24. The molecule has 0 aliphatic heterocycles. The summed E-state index contributed by atoms with van der Waals surface area (Å²) in [6, 6.07) is -0.801. The topological polar surface area (TPSA) is 119 Å². The highest BCUT2D eigenvalue weighted by molar-refractivity contribution is 6.42. The monoisotopic (exact) mass is 227 g/mol. The number of primary amides is 1. The van der Waals surface area contributed by atoms with E-state index < -0.39 is 11.9 Å². The fourth-order valence-electron chi connectivity index (χ4n) is 1.75. The van der Waals surface area contributed by atoms with E-state index in [1.54, 1.807) is 0 Å². The van der Waals surface area contributed by atoms with Crippen LogP contribution in [0.5, 0.6) is 0 Å². The second-order valence-electron chi connectivity index (χ2n) is 3.62. The summed E-state index contributed by atoms with van der Waals surface area (Å²) >= 11 is 0. The van der Waals surface area contributed by atoms with E-state index in [0.717, 1.165) is 12.8 Å². The number of hydrogen-bond acceptors (Lipinski definition) is 5. The van der Waals surface area contributed by atoms with Crippen molar-refractivity contribution in [1.82, 2.24) is 0 Å². The van der Waals surface area contributed by atoms with E-state index in [-0.39, 0.29) is 10.6 Å². The first-order valence-electron chi connectivity index (χ1n) is 4.92. The summed E-state index contributed by atoms with van der Waals surface area (Å²) in [5.74, 6) is -0.900. The number of nitrogens with zero attached hydrogens (tertiary/aromatic N) is 2. The zero-order valence-corrected chi connectivity index (χ0v) is 8.63. The minimum atomic E-state index is -0.900. The van der Waals surface area contributed by atoms with Crippen molar-refractivity contribution in [3.63, 3.8) is 0 Å². The SMILES string of the molecule is NC(=O)C(/C=C1\CCCCC1[N+](=O)[O-])=N\O. The van der Waals surface area contributed by atoms with Crippen LogP contribution in [0.3, 0.4) is 0 Å². The molecule has 0 heterocycles. The molecule has 1 saturated carbocycles. The van der Waals surface area contributed by atoms with Crippen LogP contribution in [0.1, 0.15) is 25.7 Å². The average Bonchev–Trinajstić information content (AvgIpc) is 2.25. The molecule has 88 valence electrons. The Bertz CT molecular complexity index is 362. The van der Waals surface area contributed by atoms with Crippen LogP contribution in [-0.2, 0) is 4.79 Å². The third-order valence-corrected chi connectivity index (χ3v) is 2.56. The predicted molar refractivity (Wildman–Crippen MR) is 55.7 cm³/mol. The number of amides is 1. The predicted octanol–water partition coefficient (Wildman–Crippen LogP) is 0.448. The zero-order valence-electron chi connectivity index (χ0n) is 8.63. The summed E-state index contributed by atoms with van der Waals surface area (Å²) in [6.45, 7) is 0. The molecule has 1 rings (SSSR count). The fourth-order valence-corrected chi connectivity index (χ4v) is 1.75. The minimum Gasteiger partial charge on any atom is -0.410 e. The molecule has 3 N–H and O–H groups in total. The van der Waals surface area contributed by atoms with Gasteiger partial charge in [-0.2, -0.15) is 0 Å². The van der Waals surface area contributed by atoms with Gasteiger partial charge in [0.15, 0.2) is 5.71 Å². The van der Waals surface area contributed by atoms with E-state index in [9.17, 15) is 14.9 Å². The van der Waals surface area contributed by atoms with Gasteiger partial charge in [-0.3, -0.25) is 14.9 Å². The molecule has 1 aliphatic carbocycles. The molecule has 1 unspecified atom stereocenters. The van der Waals surface area contributed by atoms with E-state index in [2.05, 4.69) is 5.16 Å². The summed E-state index contributed by atoms with van der Waals surface area (Å²) in [4.78, 5) is 21.2. The molecule has 0 aromatic carbocycles. The maximum atomic E-state index is 10.8. The van der Waals surface area contributed by atoms with Crippen molar-refractivity contribution in [1.29, 1.82) is 0 Å². The number of carbonyl (C=O) groups excluding carboxylic acids is 1. The molecule has 0 bridgehead atoms. The zero-order chi connectivity index (χ0) is 12.1. The van der Waals surface area contributed by atoms with Gasteiger partial charge >= 0.3 is 0 Å². The van der Waals surface area contributed by atoms with Crippen LogP contribution in [0.15, 0.2) is 16.8 Å². The molecule has 1 aliphatic rings. The van der Waals surface area contributed by atoms with Gasteiger partial charge in [0.05, 0.1) is 0 Å². The highest BCUT2D eigenvalue weighted by Gasteiger charge is 2.29. The van der Waals surface area contributed by atoms with Crippen molar-refractivity contribution in [3.8, 4) is 0 Å². The number of hydrogen-bond donors (Lipinski definition) is 2. The van der Waals surface area contributed by atoms with Gasteiger partial charge in [-0.1, -0.05) is 5.16 Å². The molecule has 0 aromatic heterocycles. The Kier molecular flexibility index (Phi) is 3.98. The quantitative estimate of drug-likeness (QED) is 0.314. The van der Waals surface area contributed by atoms with Crippen LogP contribution >= 0.6 is 0 Å². The lowest BCUT2D eigenvalue weighted by molar-refractivity contribution is -0.514. The molecule has 0 aromatic rings. The molecule has 1 atom stereocenters. The third-order valence-electron chi connectivity index (χ3n) is 2.56. The van der Waals surface area contributed by atoms with Crippen LogP contribution < -0.4 is 5.73 Å². The molecular formula is C9H13N3O4. The molecule has 0 radical (unpaired) electrons. The molecule has 7 nitrogen and oxygen atoms in total. The summed E-state index contributed by atoms with van der Waals surface area (Å²) < 4.78 is 0. The maximum Gasteiger partial charge on any atom is 0.270 e. The van der Waals surface area contributed by atoms with Crippen molar-refractivity contribution in [3.05, 3.63) is 21.8 Å². The average molecular weight is 227 g/mol. The van der Waals surface area contributed by atoms with Crippen molar-refractivity contribution in [2.24, 2.45) is 10.9 Å². The minimum absolute atomic E-state index is 0.344. The Morgan fingerprint density at radius 3 is 2.81 bits per heavy atom. The molecular weight excluding hydrogens is 214 g/mol. The van der Waals surface area contributed by atoms with Crippen LogP contribution in [0.2, 0.25) is 0 Å². The van der Waals surface area contributed by atoms with Gasteiger partial charge in [-0.15, -0.1) is 0 Å². The highest BCUT2D eigenvalue weighted by Crippen LogP contribution is 2.25. The second-order valence-corrected chi connectivity index (χ2v) is 3.62. The number of nitrogens with two attached hydrogens (primary N) is 1. The van der Waals surface area contributed by atoms with Gasteiger partial charge in [-0.25, -0.2) is 0 Å². The van der Waals surface area contributed by atoms with E-state index in [1.807, 2.05) is 0 Å². The van der Waals surface area contributed by atoms with Crippen LogP contribution in [-0.4, -0.2) is 27.8 Å². The Balaban J connectivity index is 2.94. The van der Waals surface area contributed by atoms with Gasteiger partial charge < -0.3 is 10.9 Å². The first-order valence-corrected chi connectivity index (χ1v) is 4.92. The van der Waals surface area contributed by atoms with E-state index in [4.69, 9.17) is 10.9 Å². The first kappa shape index (κ1) is 12.2. The van der Waals surface area contributed by atoms with Gasteiger partial charge in [0.2, 0.25) is 6.04 Å². The fraction of sp³-hybridized carbons (Fsp3) is 0.556. The van der Waals surface area contributed by atoms with Gasteiger partial charge in [0.25, 0.3) is 5.91 Å². The normalized spacial score (nSPS) is 24.4. The highest BCUT2D eigenvalue weighted by atomic mass is 16.6. The lowest BCUT2D eigenvalue weighted by Gasteiger charge is -2.18. The van der Waals surface area contributed by atoms with Crippen molar-refractivity contribution < 1.29 is 14.9 Å². The maximum absolute atomic E-state index is 10.8. The summed E-state index contributed by atoms with van der Waals surface area (Å²) in [5.41, 5.74) is 5.09. The Morgan fingerprint density at radius 2 is 2.31 bits per heavy atom. The van der Waals surface area contributed by atoms with Crippen LogP contribution in [0, 0.1) is 10.1 Å². The summed E-state index contributed by atoms with van der Waals surface area (Å²) in [7, 11) is 0. The van der Waals surface area contributed by atoms with Gasteiger partial charge in [-0.05, 0) is 25.3 Å². The smallest absolute Gasteiger partial charge is 0.270 e.